The number of hydrogen-bond acceptors (Lipinski definition) is 2. The number of hydrogen-bond donors (Lipinski definition) is 0. The maximum absolute atomic E-state index is 13.6. The number of alkyl halides is 3. The van der Waals surface area contributed by atoms with Crippen molar-refractivity contribution in [3.05, 3.63) is 35.6 Å². The molecule has 1 atom stereocenters. The normalized spacial score (nSPS) is 13.1. The smallest absolute Gasteiger partial charge is 0.362 e. The molecule has 0 aliphatic carbocycles. The van der Waals surface area contributed by atoms with Crippen LogP contribution >= 0.6 is 0 Å². The van der Waals surface area contributed by atoms with Gasteiger partial charge in [0.05, 0.1) is 6.04 Å². The highest BCUT2D eigenvalue weighted by molar-refractivity contribution is 5.77. The molecule has 0 saturated heterocycles. The molecule has 0 heterocycles. The van der Waals surface area contributed by atoms with Gasteiger partial charge in [-0.25, -0.2) is 4.39 Å². The van der Waals surface area contributed by atoms with E-state index < -0.39 is 37.2 Å². The van der Waals surface area contributed by atoms with Gasteiger partial charge in [0.1, 0.15) is 19.0 Å². The summed E-state index contributed by atoms with van der Waals surface area (Å²) in [6.45, 7) is -0.602. The van der Waals surface area contributed by atoms with E-state index in [1.807, 2.05) is 0 Å². The molecule has 0 aliphatic rings. The molecule has 1 rings (SSSR count). The molecular formula is C13H15F4NO2. The summed E-state index contributed by atoms with van der Waals surface area (Å²) >= 11 is 0. The molecule has 1 unspecified atom stereocenters. The molecule has 0 radical (unpaired) electrons. The van der Waals surface area contributed by atoms with Crippen LogP contribution in [0.5, 0.6) is 0 Å². The summed E-state index contributed by atoms with van der Waals surface area (Å²) in [5.74, 6) is -1.12. The van der Waals surface area contributed by atoms with Crippen LogP contribution in [0.25, 0.3) is 0 Å². The molecule has 1 aromatic carbocycles. The Balaban J connectivity index is 2.59. The van der Waals surface area contributed by atoms with E-state index in [0.29, 0.717) is 5.56 Å². The third-order valence-corrected chi connectivity index (χ3v) is 2.82. The van der Waals surface area contributed by atoms with E-state index in [2.05, 4.69) is 4.74 Å². The molecule has 0 spiro atoms. The van der Waals surface area contributed by atoms with Crippen molar-refractivity contribution in [3.8, 4) is 0 Å². The van der Waals surface area contributed by atoms with Crippen LogP contribution in [0.4, 0.5) is 17.6 Å². The van der Waals surface area contributed by atoms with Crippen LogP contribution < -0.4 is 0 Å². The number of halogens is 4. The van der Waals surface area contributed by atoms with Crippen LogP contribution in [0.15, 0.2) is 24.3 Å². The van der Waals surface area contributed by atoms with E-state index in [1.54, 1.807) is 13.0 Å². The molecule has 0 N–H and O–H groups in total. The molecule has 0 fully saturated rings. The maximum atomic E-state index is 13.6. The van der Waals surface area contributed by atoms with Crippen molar-refractivity contribution in [1.82, 2.24) is 4.90 Å². The fourth-order valence-corrected chi connectivity index (χ4v) is 1.59. The van der Waals surface area contributed by atoms with E-state index in [-0.39, 0.29) is 0 Å². The summed E-state index contributed by atoms with van der Waals surface area (Å²) in [4.78, 5) is 12.8. The summed E-state index contributed by atoms with van der Waals surface area (Å²) < 4.78 is 53.5. The number of likely N-dealkylation sites (N-methyl/N-ethyl adjacent to an activating group) is 1. The second-order valence-corrected chi connectivity index (χ2v) is 4.31. The molecule has 3 nitrogen and oxygen atoms in total. The zero-order valence-electron chi connectivity index (χ0n) is 11.1. The van der Waals surface area contributed by atoms with Crippen molar-refractivity contribution in [2.24, 2.45) is 0 Å². The van der Waals surface area contributed by atoms with Gasteiger partial charge in [-0.1, -0.05) is 18.2 Å². The Labute approximate surface area is 114 Å². The van der Waals surface area contributed by atoms with E-state index in [9.17, 15) is 22.4 Å². The monoisotopic (exact) mass is 293 g/mol. The van der Waals surface area contributed by atoms with Crippen LogP contribution in [0.3, 0.4) is 0 Å². The highest BCUT2D eigenvalue weighted by Gasteiger charge is 2.28. The lowest BCUT2D eigenvalue weighted by atomic mass is 10.1. The molecule has 1 amide bonds. The lowest BCUT2D eigenvalue weighted by molar-refractivity contribution is -0.178. The van der Waals surface area contributed by atoms with Gasteiger partial charge in [-0.3, -0.25) is 4.79 Å². The average Bonchev–Trinajstić information content (AvgIpc) is 2.36. The van der Waals surface area contributed by atoms with Gasteiger partial charge in [0.15, 0.2) is 0 Å². The summed E-state index contributed by atoms with van der Waals surface area (Å²) in [7, 11) is 1.39. The van der Waals surface area contributed by atoms with Gasteiger partial charge < -0.3 is 9.64 Å². The van der Waals surface area contributed by atoms with Gasteiger partial charge in [-0.05, 0) is 13.0 Å². The van der Waals surface area contributed by atoms with Crippen molar-refractivity contribution in [1.29, 1.82) is 0 Å². The number of rotatable bonds is 5. The first kappa shape index (κ1) is 16.4. The van der Waals surface area contributed by atoms with Gasteiger partial charge in [0, 0.05) is 12.6 Å². The van der Waals surface area contributed by atoms with Crippen LogP contribution in [-0.2, 0) is 9.53 Å². The Morgan fingerprint density at radius 1 is 1.35 bits per heavy atom. The Bertz CT molecular complexity index is 462. The third kappa shape index (κ3) is 4.80. The topological polar surface area (TPSA) is 29.5 Å². The van der Waals surface area contributed by atoms with Crippen molar-refractivity contribution >= 4 is 5.91 Å². The molecular weight excluding hydrogens is 278 g/mol. The highest BCUT2D eigenvalue weighted by Crippen LogP contribution is 2.21. The SMILES string of the molecule is CC(c1ccccc1F)N(C)C(=O)COCC(F)(F)F. The average molecular weight is 293 g/mol. The molecule has 112 valence electrons. The maximum Gasteiger partial charge on any atom is 0.411 e. The van der Waals surface area contributed by atoms with E-state index in [1.165, 1.54) is 25.2 Å². The second kappa shape index (κ2) is 6.69. The first-order valence-electron chi connectivity index (χ1n) is 5.87. The minimum absolute atomic E-state index is 0.291. The summed E-state index contributed by atoms with van der Waals surface area (Å²) in [5, 5.41) is 0. The molecule has 0 saturated carbocycles. The molecule has 0 aromatic heterocycles. The minimum atomic E-state index is -4.48. The summed E-state index contributed by atoms with van der Waals surface area (Å²) in [6.07, 6.45) is -4.48. The lowest BCUT2D eigenvalue weighted by Crippen LogP contribution is -2.34. The largest absolute Gasteiger partial charge is 0.411 e. The first-order chi connectivity index (χ1) is 9.22. The zero-order valence-corrected chi connectivity index (χ0v) is 11.1. The van der Waals surface area contributed by atoms with E-state index in [0.717, 1.165) is 4.90 Å². The second-order valence-electron chi connectivity index (χ2n) is 4.31. The summed E-state index contributed by atoms with van der Waals surface area (Å²) in [5.41, 5.74) is 0.291. The molecule has 7 heteroatoms. The predicted octanol–water partition coefficient (Wildman–Crippen LogP) is 2.92. The molecule has 0 bridgehead atoms. The third-order valence-electron chi connectivity index (χ3n) is 2.82. The van der Waals surface area contributed by atoms with Gasteiger partial charge in [-0.15, -0.1) is 0 Å². The standard InChI is InChI=1S/C13H15F4NO2/c1-9(10-5-3-4-6-11(10)14)18(2)12(19)7-20-8-13(15,16)17/h3-6,9H,7-8H2,1-2H3. The van der Waals surface area contributed by atoms with E-state index >= 15 is 0 Å². The predicted molar refractivity (Wildman–Crippen MR) is 64.5 cm³/mol. The Kier molecular flexibility index (Phi) is 5.50. The molecule has 20 heavy (non-hydrogen) atoms. The minimum Gasteiger partial charge on any atom is -0.362 e. The van der Waals surface area contributed by atoms with Crippen LogP contribution in [0.2, 0.25) is 0 Å². The van der Waals surface area contributed by atoms with Gasteiger partial charge in [0.2, 0.25) is 5.91 Å². The van der Waals surface area contributed by atoms with Crippen molar-refractivity contribution in [2.45, 2.75) is 19.1 Å². The summed E-state index contributed by atoms with van der Waals surface area (Å²) in [6, 6.07) is 5.30. The fraction of sp³-hybridized carbons (Fsp3) is 0.462. The van der Waals surface area contributed by atoms with Gasteiger partial charge in [-0.2, -0.15) is 13.2 Å². The number of carbonyl (C=O) groups is 1. The van der Waals surface area contributed by atoms with Crippen LogP contribution in [0, 0.1) is 5.82 Å². The Morgan fingerprint density at radius 2 is 1.95 bits per heavy atom. The molecule has 0 aliphatic heterocycles. The van der Waals surface area contributed by atoms with E-state index in [4.69, 9.17) is 0 Å². The van der Waals surface area contributed by atoms with Crippen molar-refractivity contribution < 1.29 is 27.1 Å². The zero-order chi connectivity index (χ0) is 15.3. The Hall–Kier alpha value is -1.63. The highest BCUT2D eigenvalue weighted by atomic mass is 19.4. The number of ether oxygens (including phenoxy) is 1. The lowest BCUT2D eigenvalue weighted by Gasteiger charge is -2.25. The van der Waals surface area contributed by atoms with Crippen LogP contribution in [-0.4, -0.2) is 37.2 Å². The quantitative estimate of drug-likeness (QED) is 0.781. The van der Waals surface area contributed by atoms with Gasteiger partial charge >= 0.3 is 6.18 Å². The van der Waals surface area contributed by atoms with Gasteiger partial charge in [0.25, 0.3) is 0 Å². The number of nitrogens with zero attached hydrogens (tertiary/aromatic N) is 1. The Morgan fingerprint density at radius 3 is 2.50 bits per heavy atom. The van der Waals surface area contributed by atoms with Crippen molar-refractivity contribution in [2.75, 3.05) is 20.3 Å². The molecule has 1 aromatic rings. The van der Waals surface area contributed by atoms with Crippen molar-refractivity contribution in [3.63, 3.8) is 0 Å². The first-order valence-corrected chi connectivity index (χ1v) is 5.87. The number of carbonyl (C=O) groups excluding carboxylic acids is 1. The fourth-order valence-electron chi connectivity index (χ4n) is 1.59. The number of benzene rings is 1. The van der Waals surface area contributed by atoms with Crippen LogP contribution in [0.1, 0.15) is 18.5 Å². The number of amides is 1.